The highest BCUT2D eigenvalue weighted by atomic mass is 31.2. The summed E-state index contributed by atoms with van der Waals surface area (Å²) in [5, 5.41) is 0. The van der Waals surface area contributed by atoms with Crippen LogP contribution in [0, 0.1) is 0 Å². The van der Waals surface area contributed by atoms with Crippen molar-refractivity contribution in [1.29, 1.82) is 0 Å². The van der Waals surface area contributed by atoms with E-state index in [1.165, 1.54) is 0 Å². The van der Waals surface area contributed by atoms with Gasteiger partial charge in [0.05, 0.1) is 13.2 Å². The third-order valence-electron chi connectivity index (χ3n) is 1.90. The molecular weight excluding hydrogens is 285 g/mol. The molecule has 0 aliphatic heterocycles. The van der Waals surface area contributed by atoms with Gasteiger partial charge in [-0.2, -0.15) is 0 Å². The van der Waals surface area contributed by atoms with Crippen molar-refractivity contribution in [3.8, 4) is 0 Å². The number of carbonyl (C=O) groups excluding carboxylic acids is 1. The van der Waals surface area contributed by atoms with E-state index in [1.807, 2.05) is 6.92 Å². The minimum Gasteiger partial charge on any atom is -0.756 e. The molecule has 8 heteroatoms. The number of rotatable bonds is 9. The van der Waals surface area contributed by atoms with Crippen LogP contribution in [0.25, 0.3) is 0 Å². The largest absolute Gasteiger partial charge is 0.756 e. The number of ether oxygens (including phenoxy) is 1. The second kappa shape index (κ2) is 14.9. The zero-order chi connectivity index (χ0) is 13.3. The molecule has 2 atom stereocenters. The number of hydrogen-bond acceptors (Lipinski definition) is 6. The van der Waals surface area contributed by atoms with Gasteiger partial charge in [0.15, 0.2) is 0 Å². The fourth-order valence-corrected chi connectivity index (χ4v) is 1.88. The lowest BCUT2D eigenvalue weighted by atomic mass is 10.2. The average Bonchev–Trinajstić information content (AvgIpc) is 2.26. The summed E-state index contributed by atoms with van der Waals surface area (Å²) in [6.07, 6.45) is 1.02. The topological polar surface area (TPSA) is 121 Å². The van der Waals surface area contributed by atoms with E-state index in [0.717, 1.165) is 6.42 Å². The molecule has 0 aromatic rings. The van der Waals surface area contributed by atoms with Gasteiger partial charge in [-0.3, -0.25) is 9.36 Å². The fraction of sp³-hybridized carbons (Fsp3) is 0.917. The molecule has 0 aromatic heterocycles. The summed E-state index contributed by atoms with van der Waals surface area (Å²) in [7, 11) is -4.26. The Kier molecular flexibility index (Phi) is 20.8. The molecule has 7 nitrogen and oxygen atoms in total. The van der Waals surface area contributed by atoms with Gasteiger partial charge in [0.1, 0.15) is 6.10 Å². The highest BCUT2D eigenvalue weighted by Crippen LogP contribution is 2.38. The van der Waals surface area contributed by atoms with E-state index in [4.69, 9.17) is 4.74 Å². The Balaban J connectivity index is -0.000000427. The summed E-state index contributed by atoms with van der Waals surface area (Å²) in [4.78, 5) is 22.2. The summed E-state index contributed by atoms with van der Waals surface area (Å²) in [5.41, 5.74) is 0. The molecular formula is C12H32NO6P. The quantitative estimate of drug-likeness (QED) is 0.514. The van der Waals surface area contributed by atoms with Gasteiger partial charge in [0.2, 0.25) is 0 Å². The first-order chi connectivity index (χ1) is 7.95. The van der Waals surface area contributed by atoms with E-state index in [0.29, 0.717) is 6.42 Å². The maximum absolute atomic E-state index is 11.1. The van der Waals surface area contributed by atoms with Gasteiger partial charge >= 0.3 is 5.97 Å². The number of phosphoric acid groups is 1. The fourth-order valence-electron chi connectivity index (χ4n) is 1.14. The molecule has 2 unspecified atom stereocenters. The molecule has 20 heavy (non-hydrogen) atoms. The molecule has 0 aromatic carbocycles. The zero-order valence-corrected chi connectivity index (χ0v) is 12.4. The molecule has 0 saturated heterocycles. The van der Waals surface area contributed by atoms with E-state index in [1.54, 1.807) is 13.8 Å². The van der Waals surface area contributed by atoms with Crippen molar-refractivity contribution in [1.82, 2.24) is 6.15 Å². The van der Waals surface area contributed by atoms with Gasteiger partial charge in [-0.1, -0.05) is 35.1 Å². The van der Waals surface area contributed by atoms with Crippen molar-refractivity contribution in [2.45, 2.75) is 61.0 Å². The van der Waals surface area contributed by atoms with Crippen molar-refractivity contribution in [2.75, 3.05) is 13.2 Å². The summed E-state index contributed by atoms with van der Waals surface area (Å²) in [5.74, 6) is -0.371. The molecule has 0 spiro atoms. The lowest BCUT2D eigenvalue weighted by Gasteiger charge is -2.25. The van der Waals surface area contributed by atoms with Gasteiger partial charge < -0.3 is 24.8 Å². The standard InChI is InChI=1S/C10H21O6P.2CH4.H3N/c1-4-7-9(16-10(11)5-2)8-15-17(12,13)14-6-3;;;/h9H,4-8H2,1-3H3,(H,12,13);2*1H4;1H3. The number of hydrogen-bond donors (Lipinski definition) is 1. The molecule has 0 radical (unpaired) electrons. The van der Waals surface area contributed by atoms with Crippen LogP contribution >= 0.6 is 7.82 Å². The third-order valence-corrected chi connectivity index (χ3v) is 2.94. The monoisotopic (exact) mass is 317 g/mol. The molecule has 0 fully saturated rings. The molecule has 0 heterocycles. The first-order valence-corrected chi connectivity index (χ1v) is 7.20. The Morgan fingerprint density at radius 1 is 1.20 bits per heavy atom. The first-order valence-electron chi connectivity index (χ1n) is 5.74. The van der Waals surface area contributed by atoms with Crippen LogP contribution in [0.1, 0.15) is 54.9 Å². The Morgan fingerprint density at radius 2 is 1.75 bits per heavy atom. The highest BCUT2D eigenvalue weighted by molar-refractivity contribution is 7.45. The predicted octanol–water partition coefficient (Wildman–Crippen LogP) is 3.28. The lowest BCUT2D eigenvalue weighted by Crippen LogP contribution is -2.24. The van der Waals surface area contributed by atoms with Crippen molar-refractivity contribution in [3.63, 3.8) is 0 Å². The number of phosphoric ester groups is 1. The predicted molar refractivity (Wildman–Crippen MR) is 79.7 cm³/mol. The van der Waals surface area contributed by atoms with Gasteiger partial charge in [-0.25, -0.2) is 0 Å². The van der Waals surface area contributed by atoms with Crippen LogP contribution in [-0.4, -0.2) is 25.3 Å². The molecule has 0 rings (SSSR count). The summed E-state index contributed by atoms with van der Waals surface area (Å²) in [6.45, 7) is 4.96. The number of esters is 1. The Bertz CT molecular complexity index is 275. The van der Waals surface area contributed by atoms with Crippen LogP contribution in [0.15, 0.2) is 0 Å². The van der Waals surface area contributed by atoms with Crippen molar-refractivity contribution < 1.29 is 28.0 Å². The van der Waals surface area contributed by atoms with Gasteiger partial charge in [-0.05, 0) is 13.3 Å². The maximum Gasteiger partial charge on any atom is 0.305 e. The lowest BCUT2D eigenvalue weighted by molar-refractivity contribution is -0.227. The van der Waals surface area contributed by atoms with Gasteiger partial charge in [0, 0.05) is 6.42 Å². The van der Waals surface area contributed by atoms with E-state index in [-0.39, 0.29) is 46.6 Å². The Labute approximate surface area is 123 Å². The molecule has 126 valence electrons. The Morgan fingerprint density at radius 3 is 2.15 bits per heavy atom. The number of carbonyl (C=O) groups is 1. The van der Waals surface area contributed by atoms with E-state index >= 15 is 0 Å². The van der Waals surface area contributed by atoms with Crippen LogP contribution < -0.4 is 11.0 Å². The number of quaternary nitrogens is 1. The summed E-state index contributed by atoms with van der Waals surface area (Å²) in [6, 6.07) is 0. The molecule has 4 N–H and O–H groups in total. The second-order valence-electron chi connectivity index (χ2n) is 3.41. The van der Waals surface area contributed by atoms with Crippen molar-refractivity contribution in [3.05, 3.63) is 0 Å². The first kappa shape index (κ1) is 27.8. The van der Waals surface area contributed by atoms with Gasteiger partial charge in [0.25, 0.3) is 7.82 Å². The van der Waals surface area contributed by atoms with Crippen molar-refractivity contribution >= 4 is 13.8 Å². The second-order valence-corrected chi connectivity index (χ2v) is 4.83. The van der Waals surface area contributed by atoms with Gasteiger partial charge in [-0.15, -0.1) is 0 Å². The van der Waals surface area contributed by atoms with E-state index < -0.39 is 13.9 Å². The third kappa shape index (κ3) is 14.0. The molecule has 0 aliphatic carbocycles. The maximum atomic E-state index is 11.1. The van der Waals surface area contributed by atoms with Crippen molar-refractivity contribution in [2.24, 2.45) is 0 Å². The zero-order valence-electron chi connectivity index (χ0n) is 11.5. The van der Waals surface area contributed by atoms with Crippen LogP contribution in [-0.2, 0) is 23.1 Å². The van der Waals surface area contributed by atoms with Crippen LogP contribution in [0.2, 0.25) is 0 Å². The molecule has 0 bridgehead atoms. The van der Waals surface area contributed by atoms with Crippen LogP contribution in [0.5, 0.6) is 0 Å². The molecule has 0 saturated carbocycles. The van der Waals surface area contributed by atoms with E-state index in [2.05, 4.69) is 9.05 Å². The smallest absolute Gasteiger partial charge is 0.305 e. The molecule has 0 aliphatic rings. The SMILES string of the molecule is C.C.CCCC(COP(=O)([O-])OCC)OC(=O)CC.[NH4+]. The Hall–Kier alpha value is -0.460. The van der Waals surface area contributed by atoms with Crippen LogP contribution in [0.3, 0.4) is 0 Å². The summed E-state index contributed by atoms with van der Waals surface area (Å²) >= 11 is 0. The minimum atomic E-state index is -4.26. The highest BCUT2D eigenvalue weighted by Gasteiger charge is 2.17. The van der Waals surface area contributed by atoms with Crippen LogP contribution in [0.4, 0.5) is 0 Å². The minimum absolute atomic E-state index is 0. The normalized spacial score (nSPS) is 13.8. The molecule has 0 amide bonds. The summed E-state index contributed by atoms with van der Waals surface area (Å²) < 4.78 is 25.2. The average molecular weight is 317 g/mol. The van der Waals surface area contributed by atoms with E-state index in [9.17, 15) is 14.3 Å².